The number of hydrogen-bond acceptors (Lipinski definition) is 17. The molecule has 4 heterocycles. The quantitative estimate of drug-likeness (QED) is 0.254. The normalized spacial score (nSPS) is 40.1. The zero-order valence-electron chi connectivity index (χ0n) is 37.8. The van der Waals surface area contributed by atoms with Crippen LogP contribution >= 0.6 is 0 Å². The Morgan fingerprint density at radius 1 is 0.902 bits per heavy atom. The molecule has 1 aromatic heterocycles. The molecule has 0 saturated carbocycles. The van der Waals surface area contributed by atoms with E-state index < -0.39 is 114 Å². The highest BCUT2D eigenvalue weighted by atomic mass is 16.7. The maximum atomic E-state index is 14.6. The Hall–Kier alpha value is -3.78. The molecule has 4 rings (SSSR count). The highest BCUT2D eigenvalue weighted by Gasteiger charge is 2.53. The lowest BCUT2D eigenvalue weighted by Gasteiger charge is -2.49. The molecule has 18 heteroatoms. The molecule has 0 spiro atoms. The number of nitrogens with zero attached hydrogens (tertiary/aromatic N) is 2. The predicted octanol–water partition coefficient (Wildman–Crippen LogP) is 4.43. The Bertz CT molecular complexity index is 1710. The summed E-state index contributed by atoms with van der Waals surface area (Å²) in [6, 6.07) is -0.648. The van der Waals surface area contributed by atoms with Gasteiger partial charge in [-0.3, -0.25) is 19.2 Å². The highest BCUT2D eigenvalue weighted by molar-refractivity contribution is 5.96. The van der Waals surface area contributed by atoms with Crippen molar-refractivity contribution in [3.63, 3.8) is 0 Å². The van der Waals surface area contributed by atoms with Crippen molar-refractivity contribution in [1.29, 1.82) is 0 Å². The second-order valence-corrected chi connectivity index (χ2v) is 17.2. The summed E-state index contributed by atoms with van der Waals surface area (Å²) in [5, 5.41) is 0. The van der Waals surface area contributed by atoms with Gasteiger partial charge in [0, 0.05) is 64.8 Å². The van der Waals surface area contributed by atoms with E-state index in [0.29, 0.717) is 6.42 Å². The largest absolute Gasteiger partial charge is 0.458 e. The Morgan fingerprint density at radius 3 is 2.11 bits per heavy atom. The molecule has 344 valence electrons. The fraction of sp³-hybridized carbons (Fsp3) is 0.767. The van der Waals surface area contributed by atoms with Gasteiger partial charge in [-0.1, -0.05) is 20.8 Å². The van der Waals surface area contributed by atoms with Crippen molar-refractivity contribution in [3.8, 4) is 0 Å². The molecule has 0 radical (unpaired) electrons. The van der Waals surface area contributed by atoms with Crippen molar-refractivity contribution in [2.24, 2.45) is 23.5 Å². The van der Waals surface area contributed by atoms with Crippen LogP contribution in [0.5, 0.6) is 0 Å². The molecule has 1 unspecified atom stereocenters. The number of carbonyl (C=O) groups excluding carboxylic acids is 5. The second-order valence-electron chi connectivity index (χ2n) is 17.2. The summed E-state index contributed by atoms with van der Waals surface area (Å²) in [5.74, 6) is -4.68. The van der Waals surface area contributed by atoms with Crippen LogP contribution in [0.15, 0.2) is 30.4 Å². The predicted molar refractivity (Wildman–Crippen MR) is 216 cm³/mol. The molecule has 2 saturated heterocycles. The van der Waals surface area contributed by atoms with E-state index in [1.54, 1.807) is 48.5 Å². The number of ether oxygens (including phenoxy) is 10. The van der Waals surface area contributed by atoms with Crippen molar-refractivity contribution in [2.75, 3.05) is 14.2 Å². The third-order valence-corrected chi connectivity index (χ3v) is 12.2. The number of aromatic nitrogens is 2. The summed E-state index contributed by atoms with van der Waals surface area (Å²) in [6.45, 7) is 18.3. The summed E-state index contributed by atoms with van der Waals surface area (Å²) in [7, 11) is 2.99. The number of allylic oxidation sites excluding steroid dienone is 1. The summed E-state index contributed by atoms with van der Waals surface area (Å²) >= 11 is 0. The van der Waals surface area contributed by atoms with Crippen LogP contribution < -0.4 is 5.73 Å². The highest BCUT2D eigenvalue weighted by Crippen LogP contribution is 2.41. The first-order chi connectivity index (χ1) is 28.6. The van der Waals surface area contributed by atoms with Crippen molar-refractivity contribution >= 4 is 29.8 Å². The number of imidazole rings is 1. The van der Waals surface area contributed by atoms with Gasteiger partial charge >= 0.3 is 24.0 Å². The number of methoxy groups -OCH3 is 2. The Labute approximate surface area is 358 Å². The topological polar surface area (TPSA) is 221 Å². The van der Waals surface area contributed by atoms with Crippen LogP contribution in [0.2, 0.25) is 0 Å². The molecule has 16 atom stereocenters. The number of cyclic esters (lactones) is 1. The summed E-state index contributed by atoms with van der Waals surface area (Å²) in [6.07, 6.45) is -3.92. The van der Waals surface area contributed by atoms with E-state index in [-0.39, 0.29) is 36.7 Å². The fourth-order valence-corrected chi connectivity index (χ4v) is 8.79. The zero-order chi connectivity index (χ0) is 45.6. The smallest absolute Gasteiger partial charge is 0.419 e. The van der Waals surface area contributed by atoms with Gasteiger partial charge in [-0.15, -0.1) is 0 Å². The van der Waals surface area contributed by atoms with Crippen LogP contribution in [0, 0.1) is 17.8 Å². The Kier molecular flexibility index (Phi) is 17.2. The molecular weight excluding hydrogens is 798 g/mol. The van der Waals surface area contributed by atoms with Crippen LogP contribution in [0.25, 0.3) is 0 Å². The minimum atomic E-state index is -1.32. The average molecular weight is 866 g/mol. The lowest BCUT2D eigenvalue weighted by molar-refractivity contribution is -0.318. The van der Waals surface area contributed by atoms with E-state index in [0.717, 1.165) is 4.57 Å². The van der Waals surface area contributed by atoms with Gasteiger partial charge in [-0.05, 0) is 72.5 Å². The first-order valence-electron chi connectivity index (χ1n) is 21.0. The van der Waals surface area contributed by atoms with Gasteiger partial charge in [0.05, 0.1) is 35.9 Å². The first kappa shape index (κ1) is 49.9. The Morgan fingerprint density at radius 2 is 1.54 bits per heavy atom. The molecule has 61 heavy (non-hydrogen) atoms. The summed E-state index contributed by atoms with van der Waals surface area (Å²) in [5.41, 5.74) is 4.43. The molecular formula is C43H67N3O15. The molecule has 2 fully saturated rings. The summed E-state index contributed by atoms with van der Waals surface area (Å²) < 4.78 is 63.2. The van der Waals surface area contributed by atoms with Crippen molar-refractivity contribution in [1.82, 2.24) is 9.55 Å². The van der Waals surface area contributed by atoms with Crippen molar-refractivity contribution in [2.45, 2.75) is 181 Å². The minimum Gasteiger partial charge on any atom is -0.458 e. The molecule has 3 aliphatic rings. The third-order valence-electron chi connectivity index (χ3n) is 12.2. The van der Waals surface area contributed by atoms with E-state index in [9.17, 15) is 24.0 Å². The lowest BCUT2D eigenvalue weighted by atomic mass is 9.76. The van der Waals surface area contributed by atoms with E-state index >= 15 is 0 Å². The minimum absolute atomic E-state index is 0.0793. The third kappa shape index (κ3) is 12.0. The first-order valence-corrected chi connectivity index (χ1v) is 21.0. The molecule has 0 amide bonds. The van der Waals surface area contributed by atoms with Crippen molar-refractivity contribution in [3.05, 3.63) is 30.4 Å². The number of rotatable bonds is 10. The second kappa shape index (κ2) is 21.1. The van der Waals surface area contributed by atoms with Gasteiger partial charge in [0.25, 0.3) is 0 Å². The van der Waals surface area contributed by atoms with Crippen LogP contribution in [-0.4, -0.2) is 132 Å². The molecule has 2 N–H and O–H groups in total. The number of ketones is 1. The van der Waals surface area contributed by atoms with Crippen LogP contribution in [-0.2, 0) is 66.5 Å². The van der Waals surface area contributed by atoms with E-state index in [2.05, 4.69) is 4.98 Å². The molecule has 1 aromatic rings. The maximum absolute atomic E-state index is 14.6. The number of hydrogen-bond donors (Lipinski definition) is 1. The fourth-order valence-electron chi connectivity index (χ4n) is 8.79. The van der Waals surface area contributed by atoms with Gasteiger partial charge in [-0.25, -0.2) is 14.3 Å². The van der Waals surface area contributed by atoms with Gasteiger partial charge in [-0.2, -0.15) is 0 Å². The maximum Gasteiger partial charge on any atom is 0.419 e. The number of esters is 3. The van der Waals surface area contributed by atoms with Crippen LogP contribution in [0.1, 0.15) is 102 Å². The number of Topliss-reactive ketones (excluding diaryl/α,β-unsaturated/α-hetero) is 1. The molecule has 18 nitrogen and oxygen atoms in total. The van der Waals surface area contributed by atoms with Crippen LogP contribution in [0.3, 0.4) is 0 Å². The van der Waals surface area contributed by atoms with Gasteiger partial charge in [0.15, 0.2) is 36.7 Å². The lowest BCUT2D eigenvalue weighted by Crippen LogP contribution is -2.61. The molecule has 3 aliphatic heterocycles. The Balaban J connectivity index is 1.88. The van der Waals surface area contributed by atoms with Crippen molar-refractivity contribution < 1.29 is 71.3 Å². The average Bonchev–Trinajstić information content (AvgIpc) is 3.74. The van der Waals surface area contributed by atoms with Gasteiger partial charge < -0.3 is 53.1 Å². The van der Waals surface area contributed by atoms with Gasteiger partial charge in [0.2, 0.25) is 0 Å². The van der Waals surface area contributed by atoms with E-state index in [1.165, 1.54) is 52.9 Å². The standard InChI is InChI=1S/C43H67N3O15/c1-14-31-32(59-41(51)46-16-15-45-21-46)17-22(2)34(49)23(3)19-42(10,52-12)37(61-40-36(56-28(8)47)30(44)18-24(4)54-40)25(5)35(26(6)39(50)58-31)60-33-20-43(11,53-13)38(27(7)55-33)57-29(9)48/h15-17,21,23-27,30-33,35-38,40H,14,18-20,44H2,1-13H3/b22-17+/t23-,24-,25+,26-,27+,30+,31-,32?,33+,35+,36-,37-,38+,40+,42-,43-/m1/s1. The molecule has 0 aliphatic carbocycles. The van der Waals surface area contributed by atoms with E-state index in [1.807, 2.05) is 13.8 Å². The van der Waals surface area contributed by atoms with Crippen LogP contribution in [0.4, 0.5) is 4.79 Å². The van der Waals surface area contributed by atoms with E-state index in [4.69, 9.17) is 53.1 Å². The molecule has 0 bridgehead atoms. The number of nitrogens with two attached hydrogens (primary N) is 1. The summed E-state index contributed by atoms with van der Waals surface area (Å²) in [4.78, 5) is 70.5. The van der Waals surface area contributed by atoms with Gasteiger partial charge in [0.1, 0.15) is 18.0 Å². The molecule has 0 aromatic carbocycles. The SMILES string of the molecule is CC[C@H]1OC(=O)[C@H](C)[C@@H](O[C@H]2C[C@@](C)(OC)[C@@H](OC(C)=O)[C@H](C)O2)[C@H](C)[C@@H](O[C@@H]2O[C@H](C)C[C@H](N)[C@H]2OC(C)=O)[C@](C)(OC)C[C@@H](C)C(=O)/C(C)=C/C1OC(=O)n1ccnc1. The monoisotopic (exact) mass is 865 g/mol. The number of carbonyl (C=O) groups is 5. The zero-order valence-corrected chi connectivity index (χ0v) is 37.8.